The molecule has 2 amide bonds. The number of nitrogens with zero attached hydrogens (tertiary/aromatic N) is 1. The number of hydrogen-bond donors (Lipinski definition) is 2. The average molecular weight is 351 g/mol. The maximum absolute atomic E-state index is 13.6. The van der Waals surface area contributed by atoms with Crippen LogP contribution in [0.2, 0.25) is 0 Å². The molecule has 0 saturated carbocycles. The molecule has 1 saturated heterocycles. The lowest BCUT2D eigenvalue weighted by Gasteiger charge is -2.26. The molecule has 1 aliphatic heterocycles. The number of rotatable bonds is 3. The van der Waals surface area contributed by atoms with Crippen LogP contribution in [0.25, 0.3) is 0 Å². The molecular weight excluding hydrogens is 325 g/mol. The zero-order chi connectivity index (χ0) is 18.6. The summed E-state index contributed by atoms with van der Waals surface area (Å²) in [6, 6.07) is 4.36. The summed E-state index contributed by atoms with van der Waals surface area (Å²) in [5, 5.41) is 3.30. The van der Waals surface area contributed by atoms with Crippen molar-refractivity contribution in [2.24, 2.45) is 5.73 Å². The SMILES string of the molecule is CC(C)(C)OC(=O)N1CCCC(Nc2ccc(F)c(C(N)=O)c2)CC1. The van der Waals surface area contributed by atoms with Crippen LogP contribution in [0, 0.1) is 5.82 Å². The molecule has 0 bridgehead atoms. The van der Waals surface area contributed by atoms with E-state index in [1.54, 1.807) is 11.0 Å². The highest BCUT2D eigenvalue weighted by molar-refractivity contribution is 5.94. The van der Waals surface area contributed by atoms with E-state index < -0.39 is 17.3 Å². The number of hydrogen-bond acceptors (Lipinski definition) is 4. The predicted molar refractivity (Wildman–Crippen MR) is 94.0 cm³/mol. The van der Waals surface area contributed by atoms with Crippen LogP contribution < -0.4 is 11.1 Å². The molecule has 1 heterocycles. The lowest BCUT2D eigenvalue weighted by atomic mass is 10.1. The van der Waals surface area contributed by atoms with E-state index in [-0.39, 0.29) is 17.7 Å². The van der Waals surface area contributed by atoms with Gasteiger partial charge in [-0.15, -0.1) is 0 Å². The first kappa shape index (κ1) is 19.0. The summed E-state index contributed by atoms with van der Waals surface area (Å²) in [5.41, 5.74) is 5.18. The maximum Gasteiger partial charge on any atom is 0.410 e. The Morgan fingerprint density at radius 2 is 2.00 bits per heavy atom. The van der Waals surface area contributed by atoms with Crippen molar-refractivity contribution in [3.63, 3.8) is 0 Å². The molecule has 1 unspecified atom stereocenters. The van der Waals surface area contributed by atoms with E-state index in [4.69, 9.17) is 10.5 Å². The van der Waals surface area contributed by atoms with Crippen LogP contribution in [0.3, 0.4) is 0 Å². The van der Waals surface area contributed by atoms with Gasteiger partial charge >= 0.3 is 6.09 Å². The first-order valence-electron chi connectivity index (χ1n) is 8.49. The van der Waals surface area contributed by atoms with Crippen molar-refractivity contribution >= 4 is 17.7 Å². The fourth-order valence-electron chi connectivity index (χ4n) is 2.79. The summed E-state index contributed by atoms with van der Waals surface area (Å²) in [6.45, 7) is 6.76. The number of carbonyl (C=O) groups is 2. The molecule has 1 aliphatic rings. The van der Waals surface area contributed by atoms with Crippen molar-refractivity contribution < 1.29 is 18.7 Å². The first-order valence-corrected chi connectivity index (χ1v) is 8.49. The summed E-state index contributed by atoms with van der Waals surface area (Å²) < 4.78 is 19.0. The molecule has 7 heteroatoms. The highest BCUT2D eigenvalue weighted by Crippen LogP contribution is 2.20. The maximum atomic E-state index is 13.6. The van der Waals surface area contributed by atoms with Gasteiger partial charge in [-0.1, -0.05) is 0 Å². The smallest absolute Gasteiger partial charge is 0.410 e. The Labute approximate surface area is 147 Å². The summed E-state index contributed by atoms with van der Waals surface area (Å²) >= 11 is 0. The molecule has 1 aromatic carbocycles. The third kappa shape index (κ3) is 5.62. The average Bonchev–Trinajstić information content (AvgIpc) is 2.73. The van der Waals surface area contributed by atoms with Gasteiger partial charge < -0.3 is 20.7 Å². The number of primary amides is 1. The van der Waals surface area contributed by atoms with Crippen molar-refractivity contribution in [2.45, 2.75) is 51.7 Å². The normalized spacial score (nSPS) is 18.4. The van der Waals surface area contributed by atoms with Gasteiger partial charge in [0.2, 0.25) is 0 Å². The van der Waals surface area contributed by atoms with E-state index in [2.05, 4.69) is 5.32 Å². The lowest BCUT2D eigenvalue weighted by Crippen LogP contribution is -2.37. The molecule has 0 aliphatic carbocycles. The zero-order valence-electron chi connectivity index (χ0n) is 15.0. The molecule has 0 radical (unpaired) electrons. The van der Waals surface area contributed by atoms with Gasteiger partial charge in [-0.2, -0.15) is 0 Å². The number of nitrogens with one attached hydrogen (secondary N) is 1. The minimum Gasteiger partial charge on any atom is -0.444 e. The molecule has 1 atom stereocenters. The second kappa shape index (κ2) is 7.72. The van der Waals surface area contributed by atoms with Crippen LogP contribution in [-0.4, -0.2) is 41.6 Å². The van der Waals surface area contributed by atoms with Crippen molar-refractivity contribution in [2.75, 3.05) is 18.4 Å². The highest BCUT2D eigenvalue weighted by atomic mass is 19.1. The molecular formula is C18H26FN3O3. The fourth-order valence-corrected chi connectivity index (χ4v) is 2.79. The van der Waals surface area contributed by atoms with Crippen molar-refractivity contribution in [3.8, 4) is 0 Å². The van der Waals surface area contributed by atoms with E-state index >= 15 is 0 Å². The van der Waals surface area contributed by atoms with E-state index in [1.807, 2.05) is 20.8 Å². The van der Waals surface area contributed by atoms with Crippen molar-refractivity contribution in [1.82, 2.24) is 4.90 Å². The second-order valence-corrected chi connectivity index (χ2v) is 7.30. The largest absolute Gasteiger partial charge is 0.444 e. The van der Waals surface area contributed by atoms with Crippen LogP contribution in [0.1, 0.15) is 50.4 Å². The number of ether oxygens (including phenoxy) is 1. The molecule has 2 rings (SSSR count). The number of amides is 2. The van der Waals surface area contributed by atoms with Crippen LogP contribution in [0.5, 0.6) is 0 Å². The van der Waals surface area contributed by atoms with Crippen LogP contribution in [0.15, 0.2) is 18.2 Å². The number of nitrogens with two attached hydrogens (primary N) is 1. The molecule has 1 fully saturated rings. The number of halogens is 1. The molecule has 0 spiro atoms. The quantitative estimate of drug-likeness (QED) is 0.876. The third-order valence-electron chi connectivity index (χ3n) is 3.98. The Kier molecular flexibility index (Phi) is 5.87. The van der Waals surface area contributed by atoms with Gasteiger partial charge in [0.05, 0.1) is 5.56 Å². The first-order chi connectivity index (χ1) is 11.7. The summed E-state index contributed by atoms with van der Waals surface area (Å²) in [6.07, 6.45) is 2.14. The predicted octanol–water partition coefficient (Wildman–Crippen LogP) is 3.13. The van der Waals surface area contributed by atoms with Gasteiger partial charge in [-0.25, -0.2) is 9.18 Å². The van der Waals surface area contributed by atoms with E-state index in [0.29, 0.717) is 18.8 Å². The van der Waals surface area contributed by atoms with Crippen molar-refractivity contribution in [1.29, 1.82) is 0 Å². The Morgan fingerprint density at radius 3 is 2.64 bits per heavy atom. The minimum atomic E-state index is -0.793. The van der Waals surface area contributed by atoms with Gasteiger partial charge in [0.25, 0.3) is 5.91 Å². The van der Waals surface area contributed by atoms with Gasteiger partial charge in [0, 0.05) is 24.8 Å². The van der Waals surface area contributed by atoms with E-state index in [0.717, 1.165) is 19.3 Å². The van der Waals surface area contributed by atoms with Gasteiger partial charge in [-0.3, -0.25) is 4.79 Å². The highest BCUT2D eigenvalue weighted by Gasteiger charge is 2.25. The number of carbonyl (C=O) groups excluding carboxylic acids is 2. The molecule has 138 valence electrons. The minimum absolute atomic E-state index is 0.124. The molecule has 0 aromatic heterocycles. The number of benzene rings is 1. The molecule has 6 nitrogen and oxygen atoms in total. The fraction of sp³-hybridized carbons (Fsp3) is 0.556. The zero-order valence-corrected chi connectivity index (χ0v) is 15.0. The molecule has 3 N–H and O–H groups in total. The van der Waals surface area contributed by atoms with Crippen molar-refractivity contribution in [3.05, 3.63) is 29.6 Å². The topological polar surface area (TPSA) is 84.7 Å². The summed E-state index contributed by atoms with van der Waals surface area (Å²) in [5.74, 6) is -1.42. The summed E-state index contributed by atoms with van der Waals surface area (Å²) in [4.78, 5) is 25.1. The Bertz CT molecular complexity index is 643. The van der Waals surface area contributed by atoms with Gasteiger partial charge in [-0.05, 0) is 58.2 Å². The lowest BCUT2D eigenvalue weighted by molar-refractivity contribution is 0.0256. The molecule has 25 heavy (non-hydrogen) atoms. The standard InChI is InChI=1S/C18H26FN3O3/c1-18(2,3)25-17(24)22-9-4-5-12(8-10-22)21-13-6-7-15(19)14(11-13)16(20)23/h6-7,11-12,21H,4-5,8-10H2,1-3H3,(H2,20,23). The number of likely N-dealkylation sites (tertiary alicyclic amines) is 1. The second-order valence-electron chi connectivity index (χ2n) is 7.30. The summed E-state index contributed by atoms with van der Waals surface area (Å²) in [7, 11) is 0. The van der Waals surface area contributed by atoms with Gasteiger partial charge in [0.15, 0.2) is 0 Å². The Balaban J connectivity index is 1.96. The van der Waals surface area contributed by atoms with Crippen LogP contribution in [0.4, 0.5) is 14.9 Å². The molecule has 1 aromatic rings. The Morgan fingerprint density at radius 1 is 1.28 bits per heavy atom. The van der Waals surface area contributed by atoms with Crippen LogP contribution in [-0.2, 0) is 4.74 Å². The van der Waals surface area contributed by atoms with E-state index in [1.165, 1.54) is 12.1 Å². The Hall–Kier alpha value is -2.31. The van der Waals surface area contributed by atoms with Gasteiger partial charge in [0.1, 0.15) is 11.4 Å². The van der Waals surface area contributed by atoms with Crippen LogP contribution >= 0.6 is 0 Å². The van der Waals surface area contributed by atoms with E-state index in [9.17, 15) is 14.0 Å². The monoisotopic (exact) mass is 351 g/mol. The third-order valence-corrected chi connectivity index (χ3v) is 3.98. The number of anilines is 1.